The molecule has 1 amide bonds. The highest BCUT2D eigenvalue weighted by Crippen LogP contribution is 2.34. The number of nitrogens with one attached hydrogen (secondary N) is 2. The zero-order valence-corrected chi connectivity index (χ0v) is 19.5. The smallest absolute Gasteiger partial charge is 0.256 e. The predicted octanol–water partition coefficient (Wildman–Crippen LogP) is 4.01. The third-order valence-electron chi connectivity index (χ3n) is 6.00. The maximum Gasteiger partial charge on any atom is 0.256 e. The lowest BCUT2D eigenvalue weighted by Crippen LogP contribution is -2.34. The summed E-state index contributed by atoms with van der Waals surface area (Å²) >= 11 is 0. The van der Waals surface area contributed by atoms with Crippen LogP contribution in [0.3, 0.4) is 0 Å². The molecule has 0 fully saturated rings. The molecular weight excluding hydrogens is 442 g/mol. The number of fused-ring (bicyclic) bond motifs is 2. The number of carbonyl (C=O) groups is 1. The van der Waals surface area contributed by atoms with Gasteiger partial charge >= 0.3 is 0 Å². The molecule has 0 atom stereocenters. The molecule has 0 saturated carbocycles. The average molecular weight is 470 g/mol. The van der Waals surface area contributed by atoms with Crippen LogP contribution in [-0.2, 0) is 24.4 Å². The molecule has 3 aromatic carbocycles. The second-order valence-corrected chi connectivity index (χ2v) is 8.60. The fourth-order valence-corrected chi connectivity index (χ4v) is 4.12. The van der Waals surface area contributed by atoms with Crippen LogP contribution in [0.5, 0.6) is 11.5 Å². The van der Waals surface area contributed by atoms with Crippen molar-refractivity contribution in [3.05, 3.63) is 99.8 Å². The molecule has 0 spiro atoms. The summed E-state index contributed by atoms with van der Waals surface area (Å²) in [6.07, 6.45) is 0. The highest BCUT2D eigenvalue weighted by Gasteiger charge is 2.18. The Morgan fingerprint density at radius 2 is 1.63 bits per heavy atom. The highest BCUT2D eigenvalue weighted by molar-refractivity contribution is 5.86. The van der Waals surface area contributed by atoms with Gasteiger partial charge in [0.25, 0.3) is 5.56 Å². The molecule has 1 aliphatic rings. The van der Waals surface area contributed by atoms with E-state index in [1.54, 1.807) is 6.07 Å². The van der Waals surface area contributed by atoms with Crippen LogP contribution in [0.25, 0.3) is 10.9 Å². The highest BCUT2D eigenvalue weighted by atomic mass is 16.6. The normalized spacial score (nSPS) is 12.4. The first-order valence-corrected chi connectivity index (χ1v) is 11.6. The number of carbonyl (C=O) groups excluding carboxylic acids is 1. The Morgan fingerprint density at radius 3 is 2.37 bits per heavy atom. The van der Waals surface area contributed by atoms with Gasteiger partial charge in [0, 0.05) is 35.8 Å². The van der Waals surface area contributed by atoms with Crippen molar-refractivity contribution in [3.63, 3.8) is 0 Å². The number of benzene rings is 3. The van der Waals surface area contributed by atoms with Crippen molar-refractivity contribution in [2.75, 3.05) is 18.5 Å². The van der Waals surface area contributed by atoms with Crippen LogP contribution in [0.15, 0.2) is 77.6 Å². The molecule has 1 aliphatic heterocycles. The van der Waals surface area contributed by atoms with Crippen LogP contribution in [0, 0.1) is 6.92 Å². The fraction of sp³-hybridized carbons (Fsp3) is 0.214. The van der Waals surface area contributed by atoms with Crippen molar-refractivity contribution in [2.24, 2.45) is 0 Å². The number of aromatic nitrogens is 1. The van der Waals surface area contributed by atoms with Gasteiger partial charge in [-0.1, -0.05) is 48.0 Å². The van der Waals surface area contributed by atoms with E-state index in [-0.39, 0.29) is 18.0 Å². The minimum absolute atomic E-state index is 0.0970. The number of pyridine rings is 1. The van der Waals surface area contributed by atoms with E-state index in [0.29, 0.717) is 48.9 Å². The topological polar surface area (TPSA) is 81.6 Å². The molecule has 5 rings (SSSR count). The molecule has 0 radical (unpaired) electrons. The summed E-state index contributed by atoms with van der Waals surface area (Å²) in [5.41, 5.74) is 4.05. The van der Waals surface area contributed by atoms with Crippen molar-refractivity contribution in [1.29, 1.82) is 0 Å². The third-order valence-corrected chi connectivity index (χ3v) is 6.00. The van der Waals surface area contributed by atoms with Crippen molar-refractivity contribution in [1.82, 2.24) is 9.88 Å². The monoisotopic (exact) mass is 469 g/mol. The average Bonchev–Trinajstić information content (AvgIpc) is 2.89. The van der Waals surface area contributed by atoms with Crippen LogP contribution < -0.4 is 25.7 Å². The van der Waals surface area contributed by atoms with Crippen molar-refractivity contribution < 1.29 is 14.3 Å². The van der Waals surface area contributed by atoms with E-state index in [1.807, 2.05) is 73.7 Å². The van der Waals surface area contributed by atoms with Crippen LogP contribution in [0.1, 0.15) is 16.7 Å². The van der Waals surface area contributed by atoms with Crippen LogP contribution in [0.2, 0.25) is 0 Å². The molecule has 0 saturated heterocycles. The van der Waals surface area contributed by atoms with E-state index < -0.39 is 0 Å². The second kappa shape index (κ2) is 9.93. The molecule has 7 heteroatoms. The van der Waals surface area contributed by atoms with Crippen LogP contribution >= 0.6 is 0 Å². The third kappa shape index (κ3) is 5.14. The lowest BCUT2D eigenvalue weighted by Gasteiger charge is -2.21. The number of anilines is 1. The minimum atomic E-state index is -0.240. The van der Waals surface area contributed by atoms with E-state index in [4.69, 9.17) is 9.47 Å². The molecule has 35 heavy (non-hydrogen) atoms. The molecule has 0 aliphatic carbocycles. The number of hydrogen-bond donors (Lipinski definition) is 2. The molecular formula is C28H27N3O4. The van der Waals surface area contributed by atoms with Crippen LogP contribution in [0.4, 0.5) is 5.69 Å². The van der Waals surface area contributed by atoms with E-state index in [2.05, 4.69) is 10.6 Å². The van der Waals surface area contributed by atoms with Gasteiger partial charge in [-0.2, -0.15) is 0 Å². The van der Waals surface area contributed by atoms with Gasteiger partial charge in [0.15, 0.2) is 11.5 Å². The summed E-state index contributed by atoms with van der Waals surface area (Å²) in [4.78, 5) is 26.4. The maximum absolute atomic E-state index is 13.5. The van der Waals surface area contributed by atoms with Gasteiger partial charge in [-0.15, -0.1) is 0 Å². The summed E-state index contributed by atoms with van der Waals surface area (Å²) in [6.45, 7) is 3.58. The van der Waals surface area contributed by atoms with Gasteiger partial charge in [-0.3, -0.25) is 14.2 Å². The Bertz CT molecular complexity index is 1410. The van der Waals surface area contributed by atoms with Gasteiger partial charge in [0.2, 0.25) is 5.91 Å². The summed E-state index contributed by atoms with van der Waals surface area (Å²) in [5, 5.41) is 7.04. The molecule has 1 aromatic heterocycles. The summed E-state index contributed by atoms with van der Waals surface area (Å²) in [6, 6.07) is 23.2. The zero-order valence-electron chi connectivity index (χ0n) is 19.5. The molecule has 7 nitrogen and oxygen atoms in total. The Kier molecular flexibility index (Phi) is 6.39. The number of ether oxygens (including phenoxy) is 2. The van der Waals surface area contributed by atoms with Gasteiger partial charge in [-0.25, -0.2) is 0 Å². The van der Waals surface area contributed by atoms with Gasteiger partial charge in [-0.05, 0) is 36.8 Å². The standard InChI is InChI=1S/C28H27N3O4/c1-19-7-9-23(10-8-19)29-17-22-13-21-14-25-26(35-12-11-34-25)15-24(21)31(28(22)33)18-27(32)30-16-20-5-3-2-4-6-20/h2-10,13-15,29H,11-12,16-18H2,1H3,(H,30,32). The Hall–Kier alpha value is -4.26. The number of aryl methyl sites for hydroxylation is 1. The largest absolute Gasteiger partial charge is 0.486 e. The number of rotatable bonds is 7. The molecule has 4 aromatic rings. The van der Waals surface area contributed by atoms with E-state index >= 15 is 0 Å². The zero-order chi connectivity index (χ0) is 24.2. The Morgan fingerprint density at radius 1 is 0.914 bits per heavy atom. The number of hydrogen-bond acceptors (Lipinski definition) is 5. The molecule has 178 valence electrons. The maximum atomic E-state index is 13.5. The van der Waals surface area contributed by atoms with E-state index in [1.165, 1.54) is 4.57 Å². The SMILES string of the molecule is Cc1ccc(NCc2cc3cc4c(cc3n(CC(=O)NCc3ccccc3)c2=O)OCCO4)cc1. The van der Waals surface area contributed by atoms with E-state index in [9.17, 15) is 9.59 Å². The van der Waals surface area contributed by atoms with E-state index in [0.717, 1.165) is 22.2 Å². The van der Waals surface area contributed by atoms with Crippen molar-refractivity contribution >= 4 is 22.5 Å². The quantitative estimate of drug-likeness (QED) is 0.428. The Labute approximate surface area is 203 Å². The first kappa shape index (κ1) is 22.5. The fourth-order valence-electron chi connectivity index (χ4n) is 4.12. The van der Waals surface area contributed by atoms with Crippen LogP contribution in [-0.4, -0.2) is 23.7 Å². The predicted molar refractivity (Wildman–Crippen MR) is 136 cm³/mol. The molecule has 0 bridgehead atoms. The second-order valence-electron chi connectivity index (χ2n) is 8.60. The first-order valence-electron chi connectivity index (χ1n) is 11.6. The van der Waals surface area contributed by atoms with Gasteiger partial charge in [0.1, 0.15) is 19.8 Å². The molecule has 2 heterocycles. The lowest BCUT2D eigenvalue weighted by molar-refractivity contribution is -0.121. The molecule has 0 unspecified atom stereocenters. The summed E-state index contributed by atoms with van der Waals surface area (Å²) in [5.74, 6) is 0.975. The first-order chi connectivity index (χ1) is 17.1. The molecule has 2 N–H and O–H groups in total. The summed E-state index contributed by atoms with van der Waals surface area (Å²) < 4.78 is 13.0. The van der Waals surface area contributed by atoms with Crippen molar-refractivity contribution in [3.8, 4) is 11.5 Å². The van der Waals surface area contributed by atoms with Crippen molar-refractivity contribution in [2.45, 2.75) is 26.6 Å². The minimum Gasteiger partial charge on any atom is -0.486 e. The van der Waals surface area contributed by atoms with Gasteiger partial charge < -0.3 is 20.1 Å². The number of nitrogens with zero attached hydrogens (tertiary/aromatic N) is 1. The Balaban J connectivity index is 1.46. The number of amides is 1. The summed E-state index contributed by atoms with van der Waals surface area (Å²) in [7, 11) is 0. The van der Waals surface area contributed by atoms with Gasteiger partial charge in [0.05, 0.1) is 5.52 Å². The lowest BCUT2D eigenvalue weighted by atomic mass is 10.1.